The number of anilines is 2. The Labute approximate surface area is 249 Å². The average molecular weight is 650 g/mol. The van der Waals surface area contributed by atoms with Gasteiger partial charge in [-0.3, -0.25) is 4.79 Å². The first kappa shape index (κ1) is 29.9. The molecule has 0 bridgehead atoms. The Kier molecular flexibility index (Phi) is 8.05. The molecule has 0 atom stereocenters. The van der Waals surface area contributed by atoms with Crippen molar-refractivity contribution in [3.8, 4) is 5.69 Å². The molecule has 0 spiro atoms. The number of urea groups is 1. The Morgan fingerprint density at radius 3 is 2.23 bits per heavy atom. The zero-order chi connectivity index (χ0) is 30.9. The zero-order valence-corrected chi connectivity index (χ0v) is 23.9. The van der Waals surface area contributed by atoms with E-state index in [0.29, 0.717) is 11.3 Å². The Morgan fingerprint density at radius 1 is 0.930 bits per heavy atom. The summed E-state index contributed by atoms with van der Waals surface area (Å²) in [5.41, 5.74) is -0.368. The van der Waals surface area contributed by atoms with Gasteiger partial charge in [-0.15, -0.1) is 11.3 Å². The molecule has 0 aliphatic heterocycles. The molecule has 2 amide bonds. The number of benzene rings is 3. The third-order valence-corrected chi connectivity index (χ3v) is 9.15. The van der Waals surface area contributed by atoms with Crippen molar-refractivity contribution in [2.45, 2.75) is 16.9 Å². The summed E-state index contributed by atoms with van der Waals surface area (Å²) in [5.74, 6) is 0. The number of carbonyl (C=O) groups is 1. The maximum Gasteiger partial charge on any atom is 0.416 e. The maximum absolute atomic E-state index is 13.2. The molecule has 43 heavy (non-hydrogen) atoms. The number of aromatic amines is 1. The molecule has 0 saturated heterocycles. The fourth-order valence-corrected chi connectivity index (χ4v) is 6.43. The minimum Gasteiger partial charge on any atom is -0.381 e. The molecule has 222 valence electrons. The van der Waals surface area contributed by atoms with Gasteiger partial charge in [0.2, 0.25) is 0 Å². The van der Waals surface area contributed by atoms with E-state index in [1.165, 1.54) is 60.7 Å². The van der Waals surface area contributed by atoms with Crippen molar-refractivity contribution < 1.29 is 26.4 Å². The molecule has 5 rings (SSSR count). The smallest absolute Gasteiger partial charge is 0.381 e. The first-order valence-electron chi connectivity index (χ1n) is 12.2. The monoisotopic (exact) mass is 649 g/mol. The number of nitrogens with one attached hydrogen (secondary N) is 4. The van der Waals surface area contributed by atoms with E-state index in [4.69, 9.17) is 11.6 Å². The van der Waals surface area contributed by atoms with Crippen LogP contribution in [0.25, 0.3) is 16.6 Å². The molecule has 4 N–H and O–H groups in total. The highest BCUT2D eigenvalue weighted by atomic mass is 35.5. The van der Waals surface area contributed by atoms with Crippen molar-refractivity contribution in [2.24, 2.45) is 0 Å². The van der Waals surface area contributed by atoms with Crippen LogP contribution in [-0.2, 0) is 22.7 Å². The topological polar surface area (TPSA) is 142 Å². The molecule has 5 aromatic rings. The van der Waals surface area contributed by atoms with Crippen LogP contribution >= 0.6 is 22.9 Å². The number of rotatable bonds is 7. The first-order chi connectivity index (χ1) is 20.3. The second-order valence-corrected chi connectivity index (χ2v) is 12.7. The van der Waals surface area contributed by atoms with E-state index < -0.39 is 39.0 Å². The van der Waals surface area contributed by atoms with Crippen LogP contribution in [0.15, 0.2) is 92.7 Å². The van der Waals surface area contributed by atoms with E-state index in [2.05, 4.69) is 15.6 Å². The summed E-state index contributed by atoms with van der Waals surface area (Å²) in [4.78, 5) is 40.9. The molecule has 0 aliphatic carbocycles. The zero-order valence-electron chi connectivity index (χ0n) is 21.5. The summed E-state index contributed by atoms with van der Waals surface area (Å²) < 4.78 is 65.8. The number of amides is 2. The van der Waals surface area contributed by atoms with Crippen molar-refractivity contribution in [1.29, 1.82) is 0 Å². The van der Waals surface area contributed by atoms with Gasteiger partial charge in [-0.25, -0.2) is 27.3 Å². The summed E-state index contributed by atoms with van der Waals surface area (Å²) in [5, 5.41) is 5.61. The van der Waals surface area contributed by atoms with Gasteiger partial charge in [-0.1, -0.05) is 23.7 Å². The van der Waals surface area contributed by atoms with Crippen LogP contribution in [0, 0.1) is 0 Å². The quantitative estimate of drug-likeness (QED) is 0.183. The Hall–Kier alpha value is -4.60. The van der Waals surface area contributed by atoms with Crippen molar-refractivity contribution in [3.05, 3.63) is 115 Å². The van der Waals surface area contributed by atoms with Crippen LogP contribution in [0.1, 0.15) is 11.1 Å². The van der Waals surface area contributed by atoms with E-state index in [0.717, 1.165) is 28.0 Å². The number of thiophene rings is 1. The predicted octanol–water partition coefficient (Wildman–Crippen LogP) is 5.54. The summed E-state index contributed by atoms with van der Waals surface area (Å²) in [6, 6.07) is 16.5. The number of aromatic nitrogens is 2. The van der Waals surface area contributed by atoms with Gasteiger partial charge >= 0.3 is 17.9 Å². The maximum atomic E-state index is 13.2. The first-order valence-corrected chi connectivity index (χ1v) is 14.9. The highest BCUT2D eigenvalue weighted by Crippen LogP contribution is 2.29. The van der Waals surface area contributed by atoms with Gasteiger partial charge in [0.15, 0.2) is 0 Å². The van der Waals surface area contributed by atoms with Crippen LogP contribution in [-0.4, -0.2) is 24.0 Å². The molecule has 0 unspecified atom stereocenters. The van der Waals surface area contributed by atoms with Crippen LogP contribution in [0.3, 0.4) is 0 Å². The van der Waals surface area contributed by atoms with E-state index in [-0.39, 0.29) is 37.4 Å². The lowest BCUT2D eigenvalue weighted by molar-refractivity contribution is -0.137. The number of halogens is 4. The predicted molar refractivity (Wildman–Crippen MR) is 158 cm³/mol. The van der Waals surface area contributed by atoms with Gasteiger partial charge in [0.05, 0.1) is 26.5 Å². The molecule has 2 heterocycles. The standard InChI is InChI=1S/C27H19ClF3N5O5S2/c28-22-11-12-23(42-22)43(40,41)35-25(38)33-17-5-8-19(9-6-17)36-24(37)20-10-7-18(13-21(20)34-26(36)39)32-14-15-1-3-16(4-2-15)27(29,30)31/h1-13,32H,14H2,(H,34,39)(H2,33,35,38). The highest BCUT2D eigenvalue weighted by Gasteiger charge is 2.29. The fraction of sp³-hybridized carbons (Fsp3) is 0.0741. The molecule has 2 aromatic heterocycles. The van der Waals surface area contributed by atoms with Crippen molar-refractivity contribution in [2.75, 3.05) is 10.6 Å². The number of H-pyrrole nitrogens is 1. The molecule has 0 saturated carbocycles. The summed E-state index contributed by atoms with van der Waals surface area (Å²) in [6.45, 7) is 0.206. The van der Waals surface area contributed by atoms with Crippen molar-refractivity contribution in [1.82, 2.24) is 14.3 Å². The molecular formula is C27H19ClF3N5O5S2. The molecule has 0 radical (unpaired) electrons. The fourth-order valence-electron chi connectivity index (χ4n) is 4.04. The number of alkyl halides is 3. The van der Waals surface area contributed by atoms with Crippen LogP contribution in [0.5, 0.6) is 0 Å². The minimum atomic E-state index is -4.43. The Balaban J connectivity index is 1.29. The van der Waals surface area contributed by atoms with Crippen LogP contribution in [0.4, 0.5) is 29.3 Å². The van der Waals surface area contributed by atoms with Gasteiger partial charge < -0.3 is 15.6 Å². The van der Waals surface area contributed by atoms with Crippen LogP contribution < -0.4 is 26.6 Å². The van der Waals surface area contributed by atoms with Gasteiger partial charge in [0, 0.05) is 17.9 Å². The lowest BCUT2D eigenvalue weighted by Crippen LogP contribution is -2.34. The third-order valence-electron chi connectivity index (χ3n) is 6.10. The number of carbonyl (C=O) groups excluding carboxylic acids is 1. The summed E-state index contributed by atoms with van der Waals surface area (Å²) in [6.07, 6.45) is -4.43. The number of hydrogen-bond donors (Lipinski definition) is 4. The van der Waals surface area contributed by atoms with Gasteiger partial charge in [0.25, 0.3) is 15.6 Å². The van der Waals surface area contributed by atoms with E-state index in [1.807, 2.05) is 4.72 Å². The van der Waals surface area contributed by atoms with E-state index >= 15 is 0 Å². The van der Waals surface area contributed by atoms with Gasteiger partial charge in [0.1, 0.15) is 4.21 Å². The Bertz CT molecular complexity index is 2060. The summed E-state index contributed by atoms with van der Waals surface area (Å²) >= 11 is 6.54. The van der Waals surface area contributed by atoms with Crippen LogP contribution in [0.2, 0.25) is 4.34 Å². The average Bonchev–Trinajstić information content (AvgIpc) is 3.39. The van der Waals surface area contributed by atoms with E-state index in [9.17, 15) is 36.0 Å². The molecule has 0 aliphatic rings. The molecule has 3 aromatic carbocycles. The van der Waals surface area contributed by atoms with E-state index in [1.54, 1.807) is 6.07 Å². The highest BCUT2D eigenvalue weighted by molar-refractivity contribution is 7.92. The SMILES string of the molecule is O=C(Nc1ccc(-n2c(=O)[nH]c3cc(NCc4ccc(C(F)(F)F)cc4)ccc3c2=O)cc1)NS(=O)(=O)c1ccc(Cl)s1. The second-order valence-electron chi connectivity index (χ2n) is 9.04. The number of sulfonamides is 1. The van der Waals surface area contributed by atoms with Crippen molar-refractivity contribution in [3.63, 3.8) is 0 Å². The minimum absolute atomic E-state index is 0.139. The van der Waals surface area contributed by atoms with Gasteiger partial charge in [-0.05, 0) is 72.3 Å². The molecule has 10 nitrogen and oxygen atoms in total. The molecule has 16 heteroatoms. The second kappa shape index (κ2) is 11.6. The van der Waals surface area contributed by atoms with Gasteiger partial charge in [-0.2, -0.15) is 13.2 Å². The number of fused-ring (bicyclic) bond motifs is 1. The Morgan fingerprint density at radius 2 is 1.60 bits per heavy atom. The molecule has 0 fully saturated rings. The number of hydrogen-bond acceptors (Lipinski definition) is 7. The lowest BCUT2D eigenvalue weighted by Gasteiger charge is -2.11. The lowest BCUT2D eigenvalue weighted by atomic mass is 10.1. The normalized spacial score (nSPS) is 11.8. The summed E-state index contributed by atoms with van der Waals surface area (Å²) in [7, 11) is -4.13. The third kappa shape index (κ3) is 6.74. The molecular weight excluding hydrogens is 631 g/mol. The number of nitrogens with zero attached hydrogens (tertiary/aromatic N) is 1. The largest absolute Gasteiger partial charge is 0.416 e. The van der Waals surface area contributed by atoms with Crippen molar-refractivity contribution >= 4 is 61.3 Å².